The molecule has 29 heavy (non-hydrogen) atoms. The molecule has 2 aromatic heterocycles. The number of nitrogens with one attached hydrogen (secondary N) is 1. The summed E-state index contributed by atoms with van der Waals surface area (Å²) in [6, 6.07) is 19.8. The maximum atomic E-state index is 12.4. The predicted octanol–water partition coefficient (Wildman–Crippen LogP) is 3.76. The molecule has 0 spiro atoms. The van der Waals surface area contributed by atoms with Crippen LogP contribution in [0.3, 0.4) is 0 Å². The molecule has 0 aliphatic heterocycles. The second-order valence-electron chi connectivity index (χ2n) is 6.85. The predicted molar refractivity (Wildman–Crippen MR) is 109 cm³/mol. The Morgan fingerprint density at radius 2 is 1.79 bits per heavy atom. The third-order valence-electron chi connectivity index (χ3n) is 4.72. The van der Waals surface area contributed by atoms with Crippen LogP contribution in [0.1, 0.15) is 34.8 Å². The fraction of sp³-hybridized carbons (Fsp3) is 0.182. The Kier molecular flexibility index (Phi) is 5.20. The Morgan fingerprint density at radius 3 is 2.52 bits per heavy atom. The average molecular weight is 387 g/mol. The number of para-hydroxylation sites is 1. The van der Waals surface area contributed by atoms with E-state index in [4.69, 9.17) is 4.52 Å². The number of hydrogen-bond acceptors (Lipinski definition) is 5. The van der Waals surface area contributed by atoms with Gasteiger partial charge in [0.25, 0.3) is 0 Å². The number of rotatable bonds is 6. The average Bonchev–Trinajstić information content (AvgIpc) is 3.40. The smallest absolute Gasteiger partial charge is 0.316 e. The van der Waals surface area contributed by atoms with E-state index in [9.17, 15) is 4.79 Å². The van der Waals surface area contributed by atoms with Gasteiger partial charge in [-0.2, -0.15) is 10.1 Å². The molecule has 146 valence electrons. The van der Waals surface area contributed by atoms with Crippen LogP contribution in [-0.4, -0.2) is 32.4 Å². The fourth-order valence-electron chi connectivity index (χ4n) is 3.04. The summed E-state index contributed by atoms with van der Waals surface area (Å²) in [6.45, 7) is 4.40. The van der Waals surface area contributed by atoms with E-state index >= 15 is 0 Å². The van der Waals surface area contributed by atoms with Crippen LogP contribution in [0.4, 0.5) is 0 Å². The van der Waals surface area contributed by atoms with Gasteiger partial charge in [-0.15, -0.1) is 0 Å². The van der Waals surface area contributed by atoms with E-state index < -0.39 is 0 Å². The van der Waals surface area contributed by atoms with Crippen LogP contribution < -0.4 is 5.32 Å². The molecule has 2 heterocycles. The first-order valence-corrected chi connectivity index (χ1v) is 9.40. The largest absolute Gasteiger partial charge is 0.347 e. The van der Waals surface area contributed by atoms with Crippen molar-refractivity contribution < 1.29 is 9.32 Å². The van der Waals surface area contributed by atoms with Crippen LogP contribution in [0.15, 0.2) is 71.4 Å². The van der Waals surface area contributed by atoms with Gasteiger partial charge in [-0.05, 0) is 30.5 Å². The van der Waals surface area contributed by atoms with E-state index in [1.807, 2.05) is 73.8 Å². The van der Waals surface area contributed by atoms with Crippen molar-refractivity contribution in [2.75, 3.05) is 6.54 Å². The molecule has 4 rings (SSSR count). The highest BCUT2D eigenvalue weighted by molar-refractivity contribution is 5.89. The molecule has 7 nitrogen and oxygen atoms in total. The zero-order valence-electron chi connectivity index (χ0n) is 16.2. The monoisotopic (exact) mass is 387 g/mol. The molecule has 0 saturated carbocycles. The first kappa shape index (κ1) is 18.6. The third-order valence-corrected chi connectivity index (χ3v) is 4.72. The molecule has 1 amide bonds. The van der Waals surface area contributed by atoms with Crippen molar-refractivity contribution in [1.82, 2.24) is 25.2 Å². The van der Waals surface area contributed by atoms with Gasteiger partial charge < -0.3 is 9.84 Å². The Bertz CT molecular complexity index is 1100. The van der Waals surface area contributed by atoms with Gasteiger partial charge in [0, 0.05) is 12.7 Å². The number of carbonyl (C=O) groups excluding carboxylic acids is 1. The fourth-order valence-corrected chi connectivity index (χ4v) is 3.04. The zero-order valence-corrected chi connectivity index (χ0v) is 16.2. The first-order valence-electron chi connectivity index (χ1n) is 9.40. The van der Waals surface area contributed by atoms with Crippen LogP contribution in [-0.2, 0) is 0 Å². The highest BCUT2D eigenvalue weighted by Crippen LogP contribution is 2.21. The summed E-state index contributed by atoms with van der Waals surface area (Å²) in [4.78, 5) is 16.7. The Hall–Kier alpha value is -3.74. The van der Waals surface area contributed by atoms with Crippen LogP contribution in [0.25, 0.3) is 17.1 Å². The Labute approximate surface area is 168 Å². The third kappa shape index (κ3) is 4.08. The molecule has 1 N–H and O–H groups in total. The van der Waals surface area contributed by atoms with Gasteiger partial charge in [-0.25, -0.2) is 4.68 Å². The van der Waals surface area contributed by atoms with E-state index in [0.717, 1.165) is 16.9 Å². The van der Waals surface area contributed by atoms with Crippen LogP contribution in [0.5, 0.6) is 0 Å². The van der Waals surface area contributed by atoms with E-state index in [1.54, 1.807) is 4.68 Å². The van der Waals surface area contributed by atoms with Gasteiger partial charge in [0.1, 0.15) is 0 Å². The number of benzene rings is 2. The minimum atomic E-state index is -0.389. The van der Waals surface area contributed by atoms with Crippen molar-refractivity contribution in [3.05, 3.63) is 84.0 Å². The quantitative estimate of drug-likeness (QED) is 0.544. The topological polar surface area (TPSA) is 85.8 Å². The van der Waals surface area contributed by atoms with E-state index in [-0.39, 0.29) is 17.7 Å². The lowest BCUT2D eigenvalue weighted by Gasteiger charge is -2.11. The molecular formula is C22H21N5O2. The van der Waals surface area contributed by atoms with Gasteiger partial charge in [0.2, 0.25) is 5.82 Å². The summed E-state index contributed by atoms with van der Waals surface area (Å²) >= 11 is 0. The summed E-state index contributed by atoms with van der Waals surface area (Å²) < 4.78 is 6.93. The van der Waals surface area contributed by atoms with Gasteiger partial charge >= 0.3 is 11.8 Å². The van der Waals surface area contributed by atoms with Crippen molar-refractivity contribution >= 4 is 5.91 Å². The summed E-state index contributed by atoms with van der Waals surface area (Å²) in [5, 5.41) is 11.3. The molecule has 0 radical (unpaired) electrons. The molecule has 0 aliphatic rings. The van der Waals surface area contributed by atoms with Crippen molar-refractivity contribution in [2.45, 2.75) is 19.8 Å². The lowest BCUT2D eigenvalue weighted by Crippen LogP contribution is -2.27. The van der Waals surface area contributed by atoms with Gasteiger partial charge in [0.15, 0.2) is 0 Å². The van der Waals surface area contributed by atoms with E-state index in [1.165, 1.54) is 0 Å². The number of amides is 1. The van der Waals surface area contributed by atoms with E-state index in [0.29, 0.717) is 17.9 Å². The molecule has 0 fully saturated rings. The first-order chi connectivity index (χ1) is 14.1. The maximum absolute atomic E-state index is 12.4. The number of nitrogens with zero attached hydrogens (tertiary/aromatic N) is 4. The normalized spacial score (nSPS) is 11.9. The van der Waals surface area contributed by atoms with Gasteiger partial charge in [-0.3, -0.25) is 4.79 Å². The standard InChI is InChI=1S/C22H21N5O2/c1-15(17-9-5-3-6-10-17)13-23-21(28)22-24-20(26-29-22)19-14-27(25-16(19)2)18-11-7-4-8-12-18/h3-12,14-15H,13H2,1-2H3,(H,23,28)/t15-/m1/s1. The highest BCUT2D eigenvalue weighted by Gasteiger charge is 2.19. The number of aryl methyl sites for hydroxylation is 1. The lowest BCUT2D eigenvalue weighted by atomic mass is 10.0. The molecule has 2 aromatic carbocycles. The molecule has 0 unspecified atom stereocenters. The number of aromatic nitrogens is 4. The maximum Gasteiger partial charge on any atom is 0.316 e. The van der Waals surface area contributed by atoms with E-state index in [2.05, 4.69) is 27.5 Å². The zero-order chi connectivity index (χ0) is 20.2. The second kappa shape index (κ2) is 8.10. The van der Waals surface area contributed by atoms with Crippen molar-refractivity contribution in [1.29, 1.82) is 0 Å². The van der Waals surface area contributed by atoms with Crippen LogP contribution >= 0.6 is 0 Å². The molecule has 1 atom stereocenters. The minimum absolute atomic E-state index is 0.0628. The lowest BCUT2D eigenvalue weighted by molar-refractivity contribution is 0.0908. The molecule has 0 bridgehead atoms. The molecule has 4 aromatic rings. The van der Waals surface area contributed by atoms with Gasteiger partial charge in [0.05, 0.1) is 16.9 Å². The summed E-state index contributed by atoms with van der Waals surface area (Å²) in [5.41, 5.74) is 3.55. The number of hydrogen-bond donors (Lipinski definition) is 1. The molecule has 0 aliphatic carbocycles. The van der Waals surface area contributed by atoms with Gasteiger partial charge in [-0.1, -0.05) is 60.6 Å². The van der Waals surface area contributed by atoms with Crippen molar-refractivity contribution in [2.24, 2.45) is 0 Å². The second-order valence-corrected chi connectivity index (χ2v) is 6.85. The molecular weight excluding hydrogens is 366 g/mol. The summed E-state index contributed by atoms with van der Waals surface area (Å²) in [6.07, 6.45) is 1.83. The summed E-state index contributed by atoms with van der Waals surface area (Å²) in [5.74, 6) is 0.0617. The molecule has 0 saturated heterocycles. The minimum Gasteiger partial charge on any atom is -0.347 e. The molecule has 7 heteroatoms. The Morgan fingerprint density at radius 1 is 1.10 bits per heavy atom. The van der Waals surface area contributed by atoms with Crippen LogP contribution in [0.2, 0.25) is 0 Å². The SMILES string of the molecule is Cc1nn(-c2ccccc2)cc1-c1noc(C(=O)NC[C@@H](C)c2ccccc2)n1. The van der Waals surface area contributed by atoms with Crippen LogP contribution in [0, 0.1) is 6.92 Å². The Balaban J connectivity index is 1.46. The van der Waals surface area contributed by atoms with Crippen molar-refractivity contribution in [3.8, 4) is 17.1 Å². The highest BCUT2D eigenvalue weighted by atomic mass is 16.5. The van der Waals surface area contributed by atoms with Crippen molar-refractivity contribution in [3.63, 3.8) is 0 Å². The number of carbonyl (C=O) groups is 1. The summed E-state index contributed by atoms with van der Waals surface area (Å²) in [7, 11) is 0.